The van der Waals surface area contributed by atoms with Crippen LogP contribution in [0, 0.1) is 11.5 Å². The highest BCUT2D eigenvalue weighted by Crippen LogP contribution is 2.18. The maximum Gasteiger partial charge on any atom is 0.246 e. The second-order valence-electron chi connectivity index (χ2n) is 5.40. The van der Waals surface area contributed by atoms with Crippen molar-refractivity contribution in [1.29, 1.82) is 5.26 Å². The molecule has 0 spiro atoms. The first-order valence-electron chi connectivity index (χ1n) is 6.69. The zero-order valence-electron chi connectivity index (χ0n) is 14.1. The number of carbonyl (C=O) groups excluding carboxylic acids is 1. The first-order valence-corrected chi connectivity index (χ1v) is 6.69. The lowest BCUT2D eigenvalue weighted by Gasteiger charge is -2.25. The Bertz CT molecular complexity index is 552. The van der Waals surface area contributed by atoms with Crippen molar-refractivity contribution in [1.82, 2.24) is 19.9 Å². The molecule has 9 heteroatoms. The van der Waals surface area contributed by atoms with Gasteiger partial charge < -0.3 is 14.7 Å². The van der Waals surface area contributed by atoms with Crippen LogP contribution in [0.2, 0.25) is 0 Å². The van der Waals surface area contributed by atoms with E-state index < -0.39 is 6.04 Å². The van der Waals surface area contributed by atoms with Gasteiger partial charge in [-0.25, -0.2) is 4.90 Å². The number of hydrogen-bond donors (Lipinski definition) is 0. The molecule has 0 unspecified atom stereocenters. The largest absolute Gasteiger partial charge is 0.347 e. The molecule has 0 aliphatic heterocycles. The van der Waals surface area contributed by atoms with Crippen molar-refractivity contribution in [3.63, 3.8) is 0 Å². The predicted octanol–water partition coefficient (Wildman–Crippen LogP) is -0.232. The van der Waals surface area contributed by atoms with Crippen LogP contribution in [-0.4, -0.2) is 74.1 Å². The molecule has 1 amide bonds. The van der Waals surface area contributed by atoms with E-state index in [0.29, 0.717) is 11.9 Å². The average molecular weight is 306 g/mol. The van der Waals surface area contributed by atoms with E-state index >= 15 is 0 Å². The number of likely N-dealkylation sites (N-methyl/N-ethyl adjacent to an activating group) is 1. The van der Waals surface area contributed by atoms with Gasteiger partial charge in [0.1, 0.15) is 6.04 Å². The smallest absolute Gasteiger partial charge is 0.246 e. The first-order chi connectivity index (χ1) is 10.2. The molecule has 1 atom stereocenters. The quantitative estimate of drug-likeness (QED) is 0.544. The minimum Gasteiger partial charge on any atom is -0.347 e. The highest BCUT2D eigenvalue weighted by Gasteiger charge is 2.26. The van der Waals surface area contributed by atoms with Crippen LogP contribution in [0.5, 0.6) is 0 Å². The second kappa shape index (κ2) is 6.89. The zero-order valence-corrected chi connectivity index (χ0v) is 14.1. The van der Waals surface area contributed by atoms with E-state index in [9.17, 15) is 10.1 Å². The maximum atomic E-state index is 12.1. The molecule has 0 N–H and O–H groups in total. The summed E-state index contributed by atoms with van der Waals surface area (Å²) >= 11 is 0. The molecular weight excluding hydrogens is 284 g/mol. The summed E-state index contributed by atoms with van der Waals surface area (Å²) in [6.45, 7) is 1.64. The minimum atomic E-state index is -0.701. The van der Waals surface area contributed by atoms with Gasteiger partial charge in [0.2, 0.25) is 23.8 Å². The fourth-order valence-electron chi connectivity index (χ4n) is 1.64. The Balaban J connectivity index is 3.32. The molecule has 120 valence electrons. The van der Waals surface area contributed by atoms with Gasteiger partial charge in [0, 0.05) is 42.3 Å². The normalized spacial score (nSPS) is 11.4. The molecule has 0 fully saturated rings. The van der Waals surface area contributed by atoms with Crippen LogP contribution in [0.4, 0.5) is 17.8 Å². The Morgan fingerprint density at radius 3 is 1.68 bits per heavy atom. The van der Waals surface area contributed by atoms with Gasteiger partial charge in [-0.15, -0.1) is 0 Å². The molecule has 9 nitrogen and oxygen atoms in total. The van der Waals surface area contributed by atoms with Gasteiger partial charge in [0.05, 0.1) is 0 Å². The van der Waals surface area contributed by atoms with E-state index in [0.717, 1.165) is 0 Å². The van der Waals surface area contributed by atoms with Crippen molar-refractivity contribution in [2.45, 2.75) is 13.0 Å². The monoisotopic (exact) mass is 306 g/mol. The maximum absolute atomic E-state index is 12.1. The number of rotatable bonds is 5. The van der Waals surface area contributed by atoms with E-state index in [1.807, 2.05) is 6.19 Å². The summed E-state index contributed by atoms with van der Waals surface area (Å²) in [5.41, 5.74) is 0. The molecule has 0 aliphatic carbocycles. The lowest BCUT2D eigenvalue weighted by atomic mass is 10.3. The Labute approximate surface area is 130 Å². The Kier molecular flexibility index (Phi) is 5.45. The molecule has 0 bridgehead atoms. The van der Waals surface area contributed by atoms with Crippen LogP contribution in [-0.2, 0) is 4.79 Å². The number of nitriles is 1. The molecule has 0 radical (unpaired) electrons. The third-order valence-corrected chi connectivity index (χ3v) is 2.91. The SMILES string of the molecule is C[C@H](C(=O)N(C)C)N(C#N)c1nc(N(C)C)nc(N(C)C)n1. The number of hydrogen-bond acceptors (Lipinski definition) is 8. The van der Waals surface area contributed by atoms with Crippen molar-refractivity contribution in [3.05, 3.63) is 0 Å². The summed E-state index contributed by atoms with van der Waals surface area (Å²) in [5, 5.41) is 9.42. The fraction of sp³-hybridized carbons (Fsp3) is 0.615. The molecule has 0 saturated carbocycles. The molecule has 22 heavy (non-hydrogen) atoms. The molecule has 1 aromatic heterocycles. The topological polar surface area (TPSA) is 92.5 Å². The van der Waals surface area contributed by atoms with Gasteiger partial charge in [-0.3, -0.25) is 4.79 Å². The predicted molar refractivity (Wildman–Crippen MR) is 84.7 cm³/mol. The minimum absolute atomic E-state index is 0.146. The van der Waals surface area contributed by atoms with E-state index in [4.69, 9.17) is 0 Å². The van der Waals surface area contributed by atoms with Crippen LogP contribution >= 0.6 is 0 Å². The molecule has 0 aliphatic rings. The van der Waals surface area contributed by atoms with E-state index in [-0.39, 0.29) is 11.9 Å². The van der Waals surface area contributed by atoms with Gasteiger partial charge >= 0.3 is 0 Å². The number of aromatic nitrogens is 3. The van der Waals surface area contributed by atoms with Crippen molar-refractivity contribution in [3.8, 4) is 6.19 Å². The highest BCUT2D eigenvalue weighted by molar-refractivity contribution is 5.84. The second-order valence-corrected chi connectivity index (χ2v) is 5.40. The van der Waals surface area contributed by atoms with Gasteiger partial charge in [-0.05, 0) is 6.92 Å². The van der Waals surface area contributed by atoms with Gasteiger partial charge in [0.25, 0.3) is 0 Å². The number of amides is 1. The van der Waals surface area contributed by atoms with Crippen LogP contribution in [0.15, 0.2) is 0 Å². The first kappa shape index (κ1) is 17.4. The molecule has 1 rings (SSSR count). The van der Waals surface area contributed by atoms with Crippen LogP contribution < -0.4 is 14.7 Å². The lowest BCUT2D eigenvalue weighted by molar-refractivity contribution is -0.129. The van der Waals surface area contributed by atoms with Gasteiger partial charge in [-0.2, -0.15) is 20.2 Å². The summed E-state index contributed by atoms with van der Waals surface area (Å²) in [5.74, 6) is 0.768. The Morgan fingerprint density at radius 2 is 1.36 bits per heavy atom. The third kappa shape index (κ3) is 3.72. The Morgan fingerprint density at radius 1 is 0.955 bits per heavy atom. The fourth-order valence-corrected chi connectivity index (χ4v) is 1.64. The Hall–Kier alpha value is -2.63. The summed E-state index contributed by atoms with van der Waals surface area (Å²) in [6, 6.07) is -0.701. The van der Waals surface area contributed by atoms with Gasteiger partial charge in [0.15, 0.2) is 6.19 Å². The van der Waals surface area contributed by atoms with Crippen molar-refractivity contribution >= 4 is 23.8 Å². The summed E-state index contributed by atoms with van der Waals surface area (Å²) in [7, 11) is 10.5. The van der Waals surface area contributed by atoms with Crippen molar-refractivity contribution < 1.29 is 4.79 Å². The van der Waals surface area contributed by atoms with Crippen LogP contribution in [0.3, 0.4) is 0 Å². The van der Waals surface area contributed by atoms with Crippen molar-refractivity contribution in [2.75, 3.05) is 57.0 Å². The zero-order chi connectivity index (χ0) is 17.0. The molecule has 0 saturated heterocycles. The molecule has 0 aromatic carbocycles. The average Bonchev–Trinajstić information content (AvgIpc) is 2.46. The number of anilines is 3. The lowest BCUT2D eigenvalue weighted by Crippen LogP contribution is -2.43. The summed E-state index contributed by atoms with van der Waals surface area (Å²) in [4.78, 5) is 30.9. The van der Waals surface area contributed by atoms with Crippen molar-refractivity contribution in [2.24, 2.45) is 0 Å². The van der Waals surface area contributed by atoms with E-state index in [1.54, 1.807) is 59.0 Å². The number of nitrogens with zero attached hydrogens (tertiary/aromatic N) is 8. The van der Waals surface area contributed by atoms with Crippen LogP contribution in [0.1, 0.15) is 6.92 Å². The van der Waals surface area contributed by atoms with E-state index in [1.165, 1.54) is 9.80 Å². The summed E-state index contributed by atoms with van der Waals surface area (Å²) < 4.78 is 0. The molecule has 1 heterocycles. The number of carbonyl (C=O) groups is 1. The standard InChI is InChI=1S/C13H22N8O/c1-9(10(22)18(2)3)21(8-14)13-16-11(19(4)5)15-12(17-13)20(6)7/h9H,1-7H3/t9-/m1/s1. The third-order valence-electron chi connectivity index (χ3n) is 2.91. The molecule has 1 aromatic rings. The van der Waals surface area contributed by atoms with Crippen LogP contribution in [0.25, 0.3) is 0 Å². The highest BCUT2D eigenvalue weighted by atomic mass is 16.2. The summed E-state index contributed by atoms with van der Waals surface area (Å²) in [6.07, 6.45) is 1.98. The van der Waals surface area contributed by atoms with E-state index in [2.05, 4.69) is 15.0 Å². The molecular formula is C13H22N8O. The van der Waals surface area contributed by atoms with Gasteiger partial charge in [-0.1, -0.05) is 0 Å².